The lowest BCUT2D eigenvalue weighted by molar-refractivity contribution is 0.631. The van der Waals surface area contributed by atoms with Gasteiger partial charge in [-0.05, 0) is 42.6 Å². The van der Waals surface area contributed by atoms with Gasteiger partial charge < -0.3 is 5.32 Å². The third-order valence-electron chi connectivity index (χ3n) is 3.23. The fourth-order valence-corrected chi connectivity index (χ4v) is 3.31. The first kappa shape index (κ1) is 14.2. The van der Waals surface area contributed by atoms with Crippen LogP contribution in [0, 0.1) is 12.7 Å². The lowest BCUT2D eigenvalue weighted by atomic mass is 10.2. The molecule has 0 aliphatic heterocycles. The average Bonchev–Trinajstić information content (AvgIpc) is 2.86. The number of fused-ring (bicyclic) bond motifs is 1. The number of halogens is 2. The van der Waals surface area contributed by atoms with E-state index >= 15 is 0 Å². The van der Waals surface area contributed by atoms with E-state index in [9.17, 15) is 4.39 Å². The van der Waals surface area contributed by atoms with Gasteiger partial charge in [-0.25, -0.2) is 9.37 Å². The van der Waals surface area contributed by atoms with Crippen LogP contribution in [0.1, 0.15) is 17.4 Å². The molecule has 0 saturated heterocycles. The smallest absolute Gasteiger partial charge is 0.225 e. The first-order valence-corrected chi connectivity index (χ1v) is 7.76. The third-order valence-corrected chi connectivity index (χ3v) is 4.57. The molecule has 3 aromatic rings. The van der Waals surface area contributed by atoms with Crippen molar-refractivity contribution in [1.29, 1.82) is 0 Å². The van der Waals surface area contributed by atoms with Crippen molar-refractivity contribution in [2.75, 3.05) is 5.32 Å². The van der Waals surface area contributed by atoms with Crippen LogP contribution < -0.4 is 5.32 Å². The van der Waals surface area contributed by atoms with Crippen LogP contribution in [-0.2, 0) is 6.42 Å². The molecule has 2 heterocycles. The van der Waals surface area contributed by atoms with E-state index in [0.717, 1.165) is 22.2 Å². The van der Waals surface area contributed by atoms with Crippen LogP contribution in [-0.4, -0.2) is 9.97 Å². The van der Waals surface area contributed by atoms with Gasteiger partial charge in [0.25, 0.3) is 0 Å². The Bertz CT molecular complexity index is 796. The molecule has 0 atom stereocenters. The fraction of sp³-hybridized carbons (Fsp3) is 0.200. The zero-order valence-corrected chi connectivity index (χ0v) is 13.1. The van der Waals surface area contributed by atoms with E-state index in [1.165, 1.54) is 10.9 Å². The number of rotatable bonds is 3. The number of aromatic nitrogens is 2. The number of thiophene rings is 1. The summed E-state index contributed by atoms with van der Waals surface area (Å²) in [5.74, 6) is 0.220. The third kappa shape index (κ3) is 2.71. The summed E-state index contributed by atoms with van der Waals surface area (Å²) in [4.78, 5) is 10.4. The summed E-state index contributed by atoms with van der Waals surface area (Å²) in [5, 5.41) is 4.08. The van der Waals surface area contributed by atoms with E-state index in [2.05, 4.69) is 22.2 Å². The predicted molar refractivity (Wildman–Crippen MR) is 86.2 cm³/mol. The minimum atomic E-state index is -0.316. The van der Waals surface area contributed by atoms with Gasteiger partial charge >= 0.3 is 0 Å². The zero-order valence-electron chi connectivity index (χ0n) is 11.6. The molecule has 21 heavy (non-hydrogen) atoms. The van der Waals surface area contributed by atoms with E-state index < -0.39 is 0 Å². The van der Waals surface area contributed by atoms with E-state index in [1.54, 1.807) is 17.4 Å². The van der Waals surface area contributed by atoms with Crippen molar-refractivity contribution in [3.05, 3.63) is 45.8 Å². The Hall–Kier alpha value is -1.72. The standard InChI is InChI=1S/C15H13ClFN3S/c1-3-9-7-10-13(19-15(16)20-14(10)21-9)18-12-8(2)5-4-6-11(12)17/h4-7H,3H2,1-2H3,(H,18,19,20). The first-order valence-electron chi connectivity index (χ1n) is 6.56. The predicted octanol–water partition coefficient (Wildman–Crippen LogP) is 5.10. The molecule has 6 heteroatoms. The van der Waals surface area contributed by atoms with Crippen LogP contribution >= 0.6 is 22.9 Å². The molecule has 0 unspecified atom stereocenters. The number of para-hydroxylation sites is 1. The Morgan fingerprint density at radius 3 is 2.86 bits per heavy atom. The first-order chi connectivity index (χ1) is 10.1. The van der Waals surface area contributed by atoms with Crippen molar-refractivity contribution in [2.45, 2.75) is 20.3 Å². The monoisotopic (exact) mass is 321 g/mol. The van der Waals surface area contributed by atoms with Crippen LogP contribution in [0.15, 0.2) is 24.3 Å². The van der Waals surface area contributed by atoms with Gasteiger partial charge in [0.2, 0.25) is 5.28 Å². The second-order valence-corrected chi connectivity index (χ2v) is 6.14. The van der Waals surface area contributed by atoms with Crippen molar-refractivity contribution in [3.63, 3.8) is 0 Å². The molecule has 0 saturated carbocycles. The molecular weight excluding hydrogens is 309 g/mol. The minimum absolute atomic E-state index is 0.156. The van der Waals surface area contributed by atoms with Crippen molar-refractivity contribution < 1.29 is 4.39 Å². The minimum Gasteiger partial charge on any atom is -0.337 e. The van der Waals surface area contributed by atoms with Gasteiger partial charge in [0.1, 0.15) is 16.5 Å². The topological polar surface area (TPSA) is 37.8 Å². The van der Waals surface area contributed by atoms with Crippen LogP contribution in [0.2, 0.25) is 5.28 Å². The summed E-state index contributed by atoms with van der Waals surface area (Å²) in [7, 11) is 0. The molecule has 1 N–H and O–H groups in total. The SMILES string of the molecule is CCc1cc2c(Nc3c(C)cccc3F)nc(Cl)nc2s1. The highest BCUT2D eigenvalue weighted by molar-refractivity contribution is 7.18. The highest BCUT2D eigenvalue weighted by Crippen LogP contribution is 2.33. The van der Waals surface area contributed by atoms with Gasteiger partial charge in [0, 0.05) is 4.88 Å². The summed E-state index contributed by atoms with van der Waals surface area (Å²) >= 11 is 7.55. The van der Waals surface area contributed by atoms with Crippen LogP contribution in [0.4, 0.5) is 15.9 Å². The zero-order chi connectivity index (χ0) is 15.0. The largest absolute Gasteiger partial charge is 0.337 e. The maximum Gasteiger partial charge on any atom is 0.225 e. The molecule has 2 aromatic heterocycles. The summed E-state index contributed by atoms with van der Waals surface area (Å²) in [6.07, 6.45) is 0.914. The molecule has 0 amide bonds. The van der Waals surface area contributed by atoms with Gasteiger partial charge in [-0.1, -0.05) is 19.1 Å². The molecular formula is C15H13ClFN3S. The Morgan fingerprint density at radius 2 is 2.14 bits per heavy atom. The normalized spacial score (nSPS) is 11.0. The van der Waals surface area contributed by atoms with Gasteiger partial charge in [-0.3, -0.25) is 0 Å². The maximum absolute atomic E-state index is 14.0. The van der Waals surface area contributed by atoms with Crippen LogP contribution in [0.5, 0.6) is 0 Å². The number of hydrogen-bond acceptors (Lipinski definition) is 4. The molecule has 3 nitrogen and oxygen atoms in total. The number of nitrogens with one attached hydrogen (secondary N) is 1. The van der Waals surface area contributed by atoms with Gasteiger partial charge in [0.15, 0.2) is 0 Å². The molecule has 0 bridgehead atoms. The Kier molecular flexibility index (Phi) is 3.78. The number of hydrogen-bond donors (Lipinski definition) is 1. The average molecular weight is 322 g/mol. The van der Waals surface area contributed by atoms with Gasteiger partial charge in [-0.2, -0.15) is 4.98 Å². The molecule has 0 aliphatic rings. The molecule has 0 radical (unpaired) electrons. The van der Waals surface area contributed by atoms with Crippen molar-refractivity contribution >= 4 is 44.7 Å². The van der Waals surface area contributed by atoms with E-state index in [1.807, 2.05) is 19.1 Å². The Morgan fingerprint density at radius 1 is 1.33 bits per heavy atom. The maximum atomic E-state index is 14.0. The summed E-state index contributed by atoms with van der Waals surface area (Å²) in [5.41, 5.74) is 1.22. The van der Waals surface area contributed by atoms with E-state index in [0.29, 0.717) is 11.5 Å². The second-order valence-electron chi connectivity index (χ2n) is 4.68. The highest BCUT2D eigenvalue weighted by Gasteiger charge is 2.13. The summed E-state index contributed by atoms with van der Waals surface area (Å²) in [6, 6.07) is 6.96. The number of anilines is 2. The van der Waals surface area contributed by atoms with Crippen LogP contribution in [0.25, 0.3) is 10.2 Å². The van der Waals surface area contributed by atoms with Crippen molar-refractivity contribution in [1.82, 2.24) is 9.97 Å². The number of aryl methyl sites for hydroxylation is 2. The van der Waals surface area contributed by atoms with Gasteiger partial charge in [0.05, 0.1) is 11.1 Å². The lowest BCUT2D eigenvalue weighted by Gasteiger charge is -2.10. The van der Waals surface area contributed by atoms with Gasteiger partial charge in [-0.15, -0.1) is 11.3 Å². The quantitative estimate of drug-likeness (QED) is 0.682. The molecule has 3 rings (SSSR count). The Balaban J connectivity index is 2.13. The second kappa shape index (κ2) is 5.58. The molecule has 0 aliphatic carbocycles. The number of benzene rings is 1. The highest BCUT2D eigenvalue weighted by atomic mass is 35.5. The molecule has 0 spiro atoms. The number of nitrogens with zero attached hydrogens (tertiary/aromatic N) is 2. The Labute approximate surface area is 130 Å². The summed E-state index contributed by atoms with van der Waals surface area (Å²) < 4.78 is 14.0. The fourth-order valence-electron chi connectivity index (χ4n) is 2.12. The molecule has 108 valence electrons. The van der Waals surface area contributed by atoms with Crippen molar-refractivity contribution in [2.24, 2.45) is 0 Å². The van der Waals surface area contributed by atoms with Crippen LogP contribution in [0.3, 0.4) is 0 Å². The lowest BCUT2D eigenvalue weighted by Crippen LogP contribution is -2.00. The molecule has 0 fully saturated rings. The van der Waals surface area contributed by atoms with E-state index in [-0.39, 0.29) is 11.1 Å². The summed E-state index contributed by atoms with van der Waals surface area (Å²) in [6.45, 7) is 3.92. The molecule has 1 aromatic carbocycles. The van der Waals surface area contributed by atoms with Crippen molar-refractivity contribution in [3.8, 4) is 0 Å². The van der Waals surface area contributed by atoms with E-state index in [4.69, 9.17) is 11.6 Å².